The van der Waals surface area contributed by atoms with E-state index in [4.69, 9.17) is 52.0 Å². The molecule has 10 atom stereocenters. The van der Waals surface area contributed by atoms with E-state index in [9.17, 15) is 34.6 Å². The summed E-state index contributed by atoms with van der Waals surface area (Å²) in [6, 6.07) is 0.249. The van der Waals surface area contributed by atoms with Gasteiger partial charge in [-0.15, -0.1) is 0 Å². The number of ether oxygens (including phenoxy) is 4. The fourth-order valence-electron chi connectivity index (χ4n) is 5.86. The van der Waals surface area contributed by atoms with Crippen LogP contribution >= 0.6 is 18.9 Å². The molecule has 0 aliphatic carbocycles. The van der Waals surface area contributed by atoms with Gasteiger partial charge in [0.25, 0.3) is 5.56 Å². The van der Waals surface area contributed by atoms with Crippen LogP contribution in [0.4, 0.5) is 0 Å². The standard InChI is InChI=1S/C31H51N4O13PS2/c1-19(37)33-25-27(40)26(39)21(17-36)47-30(25)45-16-10-8-12-24(50)32-14-9-6-4-5-7-11-20-28(48-49(42,51)44-3)22(18-43-2)46-29(20)35-15-13-23(38)34-31(35)41/h5,7,13,15,20-22,25-30,36,39-40H,4,6,8-12,14,16-18H2,1-3H3,(H,32,50)(H,33,37)(H,42,51)(H,34,38,41)/b7-5+/t20-,21+,22+,25+,26-,27+,28?,29+,30+,49?/m0/s1. The maximum atomic E-state index is 12.6. The van der Waals surface area contributed by atoms with Crippen molar-refractivity contribution in [3.63, 3.8) is 0 Å². The largest absolute Gasteiger partial charge is 0.394 e. The molecule has 0 spiro atoms. The van der Waals surface area contributed by atoms with E-state index >= 15 is 0 Å². The van der Waals surface area contributed by atoms with Crippen LogP contribution in [-0.2, 0) is 44.6 Å². The highest BCUT2D eigenvalue weighted by Crippen LogP contribution is 2.50. The van der Waals surface area contributed by atoms with Gasteiger partial charge in [-0.05, 0) is 56.8 Å². The van der Waals surface area contributed by atoms with E-state index in [1.807, 2.05) is 12.2 Å². The van der Waals surface area contributed by atoms with Crippen molar-refractivity contribution in [2.24, 2.45) is 5.92 Å². The third kappa shape index (κ3) is 13.4. The van der Waals surface area contributed by atoms with E-state index in [-0.39, 0.29) is 13.2 Å². The highest BCUT2D eigenvalue weighted by atomic mass is 32.5. The Kier molecular flexibility index (Phi) is 18.4. The molecule has 20 heteroatoms. The molecule has 2 unspecified atom stereocenters. The molecule has 1 aromatic heterocycles. The molecule has 2 saturated heterocycles. The molecule has 2 aliphatic rings. The zero-order valence-electron chi connectivity index (χ0n) is 29.0. The van der Waals surface area contributed by atoms with E-state index in [1.165, 1.54) is 38.0 Å². The van der Waals surface area contributed by atoms with Crippen LogP contribution in [0.5, 0.6) is 0 Å². The monoisotopic (exact) mass is 782 g/mol. The highest BCUT2D eigenvalue weighted by Gasteiger charge is 2.48. The third-order valence-electron chi connectivity index (χ3n) is 8.44. The number of aliphatic hydroxyl groups is 3. The van der Waals surface area contributed by atoms with Crippen LogP contribution in [0, 0.1) is 5.92 Å². The number of allylic oxidation sites excluding steroid dienone is 2. The Morgan fingerprint density at radius 2 is 1.88 bits per heavy atom. The molecule has 1 aromatic rings. The van der Waals surface area contributed by atoms with Crippen LogP contribution in [0.15, 0.2) is 34.0 Å². The summed E-state index contributed by atoms with van der Waals surface area (Å²) in [5.41, 5.74) is -1.18. The number of unbranched alkanes of at least 4 members (excludes halogenated alkanes) is 3. The van der Waals surface area contributed by atoms with Crippen molar-refractivity contribution in [3.8, 4) is 0 Å². The van der Waals surface area contributed by atoms with Gasteiger partial charge in [-0.1, -0.05) is 24.4 Å². The van der Waals surface area contributed by atoms with E-state index in [0.717, 1.165) is 30.7 Å². The fraction of sp³-hybridized carbons (Fsp3) is 0.742. The predicted octanol–water partition coefficient (Wildman–Crippen LogP) is 0.109. The Bertz CT molecular complexity index is 1450. The van der Waals surface area contributed by atoms with Crippen molar-refractivity contribution in [1.29, 1.82) is 0 Å². The maximum Gasteiger partial charge on any atom is 0.330 e. The lowest BCUT2D eigenvalue weighted by Crippen LogP contribution is -2.64. The number of aromatic nitrogens is 2. The quantitative estimate of drug-likeness (QED) is 0.0380. The first-order valence-corrected chi connectivity index (χ1v) is 19.8. The van der Waals surface area contributed by atoms with E-state index in [2.05, 4.69) is 15.6 Å². The van der Waals surface area contributed by atoms with Crippen molar-refractivity contribution < 1.29 is 53.0 Å². The number of thiocarbonyl (C=S) groups is 1. The molecule has 0 saturated carbocycles. The molecule has 17 nitrogen and oxygen atoms in total. The molecule has 290 valence electrons. The minimum Gasteiger partial charge on any atom is -0.394 e. The molecule has 2 fully saturated rings. The lowest BCUT2D eigenvalue weighted by atomic mass is 9.95. The number of nitrogens with zero attached hydrogens (tertiary/aromatic N) is 1. The molecule has 2 aliphatic heterocycles. The molecule has 7 N–H and O–H groups in total. The number of methoxy groups -OCH3 is 1. The normalized spacial score (nSPS) is 29.2. The van der Waals surface area contributed by atoms with Gasteiger partial charge in [0.15, 0.2) is 6.29 Å². The third-order valence-corrected chi connectivity index (χ3v) is 10.5. The summed E-state index contributed by atoms with van der Waals surface area (Å²) < 4.78 is 34.9. The molecule has 0 aromatic carbocycles. The number of aromatic amines is 1. The number of hydrogen-bond donors (Lipinski definition) is 7. The first kappa shape index (κ1) is 43.4. The van der Waals surface area contributed by atoms with Gasteiger partial charge in [0, 0.05) is 52.5 Å². The Labute approximate surface area is 306 Å². The second kappa shape index (κ2) is 21.7. The number of H-pyrrole nitrogens is 1. The predicted molar refractivity (Wildman–Crippen MR) is 192 cm³/mol. The zero-order valence-corrected chi connectivity index (χ0v) is 31.5. The van der Waals surface area contributed by atoms with Crippen LogP contribution in [0.3, 0.4) is 0 Å². The van der Waals surface area contributed by atoms with Gasteiger partial charge in [-0.3, -0.25) is 19.1 Å². The van der Waals surface area contributed by atoms with Crippen molar-refractivity contribution in [2.75, 3.05) is 40.6 Å². The van der Waals surface area contributed by atoms with Gasteiger partial charge >= 0.3 is 12.4 Å². The molecule has 51 heavy (non-hydrogen) atoms. The summed E-state index contributed by atoms with van der Waals surface area (Å²) in [4.78, 5) is 49.3. The van der Waals surface area contributed by atoms with Crippen LogP contribution in [0.2, 0.25) is 0 Å². The first-order chi connectivity index (χ1) is 24.3. The number of carbonyl (C=O) groups excluding carboxylic acids is 1. The number of carbonyl (C=O) groups is 1. The fourth-order valence-corrected chi connectivity index (χ4v) is 7.09. The minimum absolute atomic E-state index is 0.111. The van der Waals surface area contributed by atoms with Gasteiger partial charge in [0.1, 0.15) is 42.8 Å². The van der Waals surface area contributed by atoms with Gasteiger partial charge in [0.2, 0.25) is 5.91 Å². The van der Waals surface area contributed by atoms with E-state index < -0.39 is 85.5 Å². The minimum atomic E-state index is -3.59. The summed E-state index contributed by atoms with van der Waals surface area (Å²) in [5.74, 6) is -0.884. The number of amides is 1. The second-order valence-electron chi connectivity index (χ2n) is 12.2. The van der Waals surface area contributed by atoms with Crippen molar-refractivity contribution in [2.45, 2.75) is 101 Å². The molecule has 0 bridgehead atoms. The summed E-state index contributed by atoms with van der Waals surface area (Å²) >= 11 is 10.6. The van der Waals surface area contributed by atoms with Crippen LogP contribution in [0.1, 0.15) is 58.1 Å². The Hall–Kier alpha value is -1.97. The summed E-state index contributed by atoms with van der Waals surface area (Å²) in [7, 11) is 2.75. The topological polar surface area (TPSA) is 232 Å². The summed E-state index contributed by atoms with van der Waals surface area (Å²) in [5, 5.41) is 35.7. The highest BCUT2D eigenvalue weighted by molar-refractivity contribution is 8.07. The molecular formula is C31H51N4O13PS2. The average Bonchev–Trinajstić information content (AvgIpc) is 3.40. The van der Waals surface area contributed by atoms with Crippen LogP contribution in [0.25, 0.3) is 0 Å². The van der Waals surface area contributed by atoms with Crippen LogP contribution in [-0.4, -0.2) is 124 Å². The van der Waals surface area contributed by atoms with E-state index in [0.29, 0.717) is 25.8 Å². The number of rotatable bonds is 21. The van der Waals surface area contributed by atoms with Crippen molar-refractivity contribution in [3.05, 3.63) is 45.3 Å². The van der Waals surface area contributed by atoms with Crippen LogP contribution < -0.4 is 21.9 Å². The van der Waals surface area contributed by atoms with Crippen molar-refractivity contribution in [1.82, 2.24) is 20.2 Å². The number of nitrogens with one attached hydrogen (secondary N) is 3. The first-order valence-electron chi connectivity index (χ1n) is 16.8. The average molecular weight is 783 g/mol. The lowest BCUT2D eigenvalue weighted by molar-refractivity contribution is -0.270. The summed E-state index contributed by atoms with van der Waals surface area (Å²) in [6.45, 7) is -1.76. The summed E-state index contributed by atoms with van der Waals surface area (Å²) in [6.07, 6.45) is 3.23. The molecule has 1 amide bonds. The number of aliphatic hydroxyl groups excluding tert-OH is 3. The van der Waals surface area contributed by atoms with Gasteiger partial charge in [-0.25, -0.2) is 4.79 Å². The van der Waals surface area contributed by atoms with Crippen molar-refractivity contribution >= 4 is 41.6 Å². The smallest absolute Gasteiger partial charge is 0.330 e. The van der Waals surface area contributed by atoms with E-state index in [1.54, 1.807) is 0 Å². The molecule has 3 rings (SSSR count). The SMILES string of the molecule is COC[C@H]1O[C@@H](n2ccc(=O)[nH]c2=O)[C@@H](C/C=C/CCCCNC(=S)CCCCO[C@@H]2O[C@H](CO)[C@H](O)[C@H](O)[C@H]2NC(C)=O)C1OP(O)(=S)OC. The lowest BCUT2D eigenvalue weighted by Gasteiger charge is -2.42. The number of hydrogen-bond acceptors (Lipinski definition) is 14. The Balaban J connectivity index is 1.40. The molecule has 0 radical (unpaired) electrons. The van der Waals surface area contributed by atoms with Gasteiger partial charge in [0.05, 0.1) is 18.2 Å². The Morgan fingerprint density at radius 3 is 2.55 bits per heavy atom. The maximum absolute atomic E-state index is 12.6. The molecular weight excluding hydrogens is 731 g/mol. The second-order valence-corrected chi connectivity index (χ2v) is 15.6. The van der Waals surface area contributed by atoms with Gasteiger partial charge in [-0.2, -0.15) is 0 Å². The zero-order chi connectivity index (χ0) is 37.6. The Morgan fingerprint density at radius 1 is 1.12 bits per heavy atom. The molecule has 3 heterocycles. The van der Waals surface area contributed by atoms with Gasteiger partial charge < -0.3 is 58.8 Å².